The Morgan fingerprint density at radius 3 is 2.60 bits per heavy atom. The molecular weight excluding hydrogens is 334 g/mol. The maximum atomic E-state index is 12.0. The van der Waals surface area contributed by atoms with Gasteiger partial charge in [-0.3, -0.25) is 4.79 Å². The van der Waals surface area contributed by atoms with Crippen LogP contribution in [0.1, 0.15) is 31.2 Å². The summed E-state index contributed by atoms with van der Waals surface area (Å²) < 4.78 is 12.1. The van der Waals surface area contributed by atoms with Crippen molar-refractivity contribution in [2.45, 2.75) is 32.6 Å². The van der Waals surface area contributed by atoms with Crippen LogP contribution in [-0.2, 0) is 11.2 Å². The highest BCUT2D eigenvalue weighted by Gasteiger charge is 2.10. The molecule has 0 fully saturated rings. The molecule has 3 aromatic rings. The van der Waals surface area contributed by atoms with Crippen molar-refractivity contribution in [3.63, 3.8) is 0 Å². The van der Waals surface area contributed by atoms with Crippen molar-refractivity contribution < 1.29 is 14.3 Å². The largest absolute Gasteiger partial charge is 0.490 e. The summed E-state index contributed by atoms with van der Waals surface area (Å²) in [6.45, 7) is 2.44. The van der Waals surface area contributed by atoms with Gasteiger partial charge in [-0.05, 0) is 50.5 Å². The summed E-state index contributed by atoms with van der Waals surface area (Å²) in [6, 6.07) is 15.4. The number of nitrogens with zero attached hydrogens (tertiary/aromatic N) is 1. The molecule has 0 unspecified atom stereocenters. The summed E-state index contributed by atoms with van der Waals surface area (Å²) in [4.78, 5) is 16.6. The molecule has 25 heavy (non-hydrogen) atoms. The van der Waals surface area contributed by atoms with E-state index >= 15 is 0 Å². The van der Waals surface area contributed by atoms with E-state index in [4.69, 9.17) is 9.47 Å². The summed E-state index contributed by atoms with van der Waals surface area (Å²) in [5.74, 6) is 0.866. The Balaban J connectivity index is 1.45. The first-order chi connectivity index (χ1) is 12.3. The summed E-state index contributed by atoms with van der Waals surface area (Å²) in [5.41, 5.74) is 1.05. The highest BCUT2D eigenvalue weighted by atomic mass is 32.1. The molecule has 1 aromatic heterocycles. The molecule has 0 saturated heterocycles. The van der Waals surface area contributed by atoms with Gasteiger partial charge in [-0.25, -0.2) is 4.98 Å². The minimum absolute atomic E-state index is 0.226. The number of hydrogen-bond acceptors (Lipinski definition) is 5. The number of unbranched alkanes of at least 4 members (excludes halogenated alkanes) is 1. The zero-order chi connectivity index (χ0) is 17.5. The zero-order valence-corrected chi connectivity index (χ0v) is 15.1. The molecule has 4 nitrogen and oxygen atoms in total. The number of ether oxygens (including phenoxy) is 2. The molecule has 130 valence electrons. The van der Waals surface area contributed by atoms with Crippen LogP contribution < -0.4 is 9.47 Å². The van der Waals surface area contributed by atoms with Gasteiger partial charge in [0, 0.05) is 6.42 Å². The molecule has 0 N–H and O–H groups in total. The molecule has 0 amide bonds. The second kappa shape index (κ2) is 8.62. The predicted molar refractivity (Wildman–Crippen MR) is 100 cm³/mol. The molecule has 0 aliphatic heterocycles. The van der Waals surface area contributed by atoms with E-state index in [2.05, 4.69) is 11.1 Å². The number of fused-ring (bicyclic) bond motifs is 1. The number of thiazole rings is 1. The fourth-order valence-electron chi connectivity index (χ4n) is 2.56. The Labute approximate surface area is 151 Å². The molecule has 0 aliphatic rings. The molecule has 0 spiro atoms. The fraction of sp³-hybridized carbons (Fsp3) is 0.300. The van der Waals surface area contributed by atoms with Gasteiger partial charge in [-0.2, -0.15) is 0 Å². The zero-order valence-electron chi connectivity index (χ0n) is 14.2. The molecule has 5 heteroatoms. The van der Waals surface area contributed by atoms with Crippen LogP contribution in [0.3, 0.4) is 0 Å². The second-order valence-corrected chi connectivity index (χ2v) is 6.75. The Hall–Kier alpha value is -2.40. The Bertz CT molecular complexity index is 811. The van der Waals surface area contributed by atoms with Crippen molar-refractivity contribution in [3.8, 4) is 11.5 Å². The van der Waals surface area contributed by atoms with Crippen LogP contribution in [0.2, 0.25) is 0 Å². The van der Waals surface area contributed by atoms with Gasteiger partial charge in [0.25, 0.3) is 0 Å². The van der Waals surface area contributed by atoms with Gasteiger partial charge >= 0.3 is 5.97 Å². The standard InChI is InChI=1S/C20H21NO3S/c1-2-23-16-10-4-5-11-17(16)24-20(22)14-8-7-13-19-21-15-9-3-6-12-18(15)25-19/h3-6,9-12H,2,7-8,13-14H2,1H3. The highest BCUT2D eigenvalue weighted by Crippen LogP contribution is 2.27. The topological polar surface area (TPSA) is 48.4 Å². The molecule has 0 bridgehead atoms. The number of carbonyl (C=O) groups excluding carboxylic acids is 1. The van der Waals surface area contributed by atoms with Crippen molar-refractivity contribution in [1.82, 2.24) is 4.98 Å². The highest BCUT2D eigenvalue weighted by molar-refractivity contribution is 7.18. The number of rotatable bonds is 8. The van der Waals surface area contributed by atoms with Crippen LogP contribution in [0.25, 0.3) is 10.2 Å². The monoisotopic (exact) mass is 355 g/mol. The Morgan fingerprint density at radius 2 is 1.80 bits per heavy atom. The average molecular weight is 355 g/mol. The number of hydrogen-bond donors (Lipinski definition) is 0. The van der Waals surface area contributed by atoms with Gasteiger partial charge in [0.1, 0.15) is 0 Å². The fourth-order valence-corrected chi connectivity index (χ4v) is 3.56. The SMILES string of the molecule is CCOc1ccccc1OC(=O)CCCCc1nc2ccccc2s1. The van der Waals surface area contributed by atoms with Crippen molar-refractivity contribution in [3.05, 3.63) is 53.5 Å². The number of carbonyl (C=O) groups is 1. The number of para-hydroxylation sites is 3. The number of aromatic nitrogens is 1. The molecule has 2 aromatic carbocycles. The van der Waals surface area contributed by atoms with Crippen LogP contribution in [0.15, 0.2) is 48.5 Å². The number of aryl methyl sites for hydroxylation is 1. The predicted octanol–water partition coefficient (Wildman–Crippen LogP) is 5.01. The first-order valence-corrected chi connectivity index (χ1v) is 9.35. The van der Waals surface area contributed by atoms with Gasteiger partial charge in [0.2, 0.25) is 0 Å². The number of esters is 1. The first-order valence-electron chi connectivity index (χ1n) is 8.53. The van der Waals surface area contributed by atoms with Crippen LogP contribution in [0.4, 0.5) is 0 Å². The summed E-state index contributed by atoms with van der Waals surface area (Å²) >= 11 is 1.72. The van der Waals surface area contributed by atoms with E-state index in [1.54, 1.807) is 23.5 Å². The summed E-state index contributed by atoms with van der Waals surface area (Å²) in [6.07, 6.45) is 2.99. The third kappa shape index (κ3) is 4.79. The maximum absolute atomic E-state index is 12.0. The normalized spacial score (nSPS) is 10.8. The summed E-state index contributed by atoms with van der Waals surface area (Å²) in [5, 5.41) is 1.12. The number of benzene rings is 2. The van der Waals surface area contributed by atoms with E-state index in [0.717, 1.165) is 29.8 Å². The third-order valence-electron chi connectivity index (χ3n) is 3.73. The van der Waals surface area contributed by atoms with Crippen LogP contribution in [0.5, 0.6) is 11.5 Å². The molecule has 0 saturated carbocycles. The quantitative estimate of drug-likeness (QED) is 0.324. The molecular formula is C20H21NO3S. The van der Waals surface area contributed by atoms with Crippen molar-refractivity contribution in [2.24, 2.45) is 0 Å². The van der Waals surface area contributed by atoms with E-state index in [1.165, 1.54) is 4.70 Å². The minimum Gasteiger partial charge on any atom is -0.490 e. The van der Waals surface area contributed by atoms with Gasteiger partial charge < -0.3 is 9.47 Å². The van der Waals surface area contributed by atoms with Crippen molar-refractivity contribution in [2.75, 3.05) is 6.61 Å². The van der Waals surface area contributed by atoms with Crippen molar-refractivity contribution >= 4 is 27.5 Å². The van der Waals surface area contributed by atoms with E-state index in [0.29, 0.717) is 24.5 Å². The van der Waals surface area contributed by atoms with E-state index in [1.807, 2.05) is 37.3 Å². The Morgan fingerprint density at radius 1 is 1.04 bits per heavy atom. The van der Waals surface area contributed by atoms with Crippen molar-refractivity contribution in [1.29, 1.82) is 0 Å². The van der Waals surface area contributed by atoms with Gasteiger partial charge in [-0.1, -0.05) is 24.3 Å². The van der Waals surface area contributed by atoms with Gasteiger partial charge in [0.15, 0.2) is 11.5 Å². The third-order valence-corrected chi connectivity index (χ3v) is 4.83. The van der Waals surface area contributed by atoms with Crippen LogP contribution >= 0.6 is 11.3 Å². The lowest BCUT2D eigenvalue weighted by atomic mass is 10.2. The lowest BCUT2D eigenvalue weighted by Gasteiger charge is -2.09. The smallest absolute Gasteiger partial charge is 0.311 e. The molecule has 0 atom stereocenters. The second-order valence-electron chi connectivity index (χ2n) is 5.64. The average Bonchev–Trinajstić information content (AvgIpc) is 3.03. The minimum atomic E-state index is -0.226. The van der Waals surface area contributed by atoms with Crippen LogP contribution in [0, 0.1) is 0 Å². The van der Waals surface area contributed by atoms with E-state index in [9.17, 15) is 4.79 Å². The van der Waals surface area contributed by atoms with Gasteiger partial charge in [0.05, 0.1) is 21.8 Å². The van der Waals surface area contributed by atoms with E-state index in [-0.39, 0.29) is 5.97 Å². The Kier molecular flexibility index (Phi) is 6.01. The molecule has 0 aliphatic carbocycles. The molecule has 1 heterocycles. The summed E-state index contributed by atoms with van der Waals surface area (Å²) in [7, 11) is 0. The maximum Gasteiger partial charge on any atom is 0.311 e. The van der Waals surface area contributed by atoms with Gasteiger partial charge in [-0.15, -0.1) is 11.3 Å². The first kappa shape index (κ1) is 17.4. The molecule has 3 rings (SSSR count). The lowest BCUT2D eigenvalue weighted by molar-refractivity contribution is -0.134. The lowest BCUT2D eigenvalue weighted by Crippen LogP contribution is -2.09. The van der Waals surface area contributed by atoms with Crippen LogP contribution in [-0.4, -0.2) is 17.6 Å². The molecule has 0 radical (unpaired) electrons. The van der Waals surface area contributed by atoms with E-state index < -0.39 is 0 Å².